The molecule has 2 aromatic heterocycles. The van der Waals surface area contributed by atoms with E-state index in [1.54, 1.807) is 0 Å². The first-order chi connectivity index (χ1) is 17.3. The molecular formula is C33H20N2. The first-order valence-corrected chi connectivity index (χ1v) is 12.0. The Morgan fingerprint density at radius 3 is 1.83 bits per heavy atom. The fourth-order valence-electron chi connectivity index (χ4n) is 5.79. The smallest absolute Gasteiger partial charge is 0.137 e. The standard InChI is InChI=1S/C33H20N2/c1-2-10-25-24(9-1)27-11-5-7-21-14-15-22-8-6-12-28(33(22)32(21)27)26-17-16-23(19-29(25)26)30-20-35-18-4-3-13-31(35)34-30/h1-20H. The lowest BCUT2D eigenvalue weighted by Crippen LogP contribution is -1.86. The topological polar surface area (TPSA) is 17.3 Å². The van der Waals surface area contributed by atoms with E-state index in [9.17, 15) is 0 Å². The summed E-state index contributed by atoms with van der Waals surface area (Å²) >= 11 is 0. The largest absolute Gasteiger partial charge is 0.306 e. The molecule has 0 atom stereocenters. The monoisotopic (exact) mass is 444 g/mol. The van der Waals surface area contributed by atoms with E-state index in [0.29, 0.717) is 0 Å². The molecule has 0 amide bonds. The maximum absolute atomic E-state index is 4.90. The Morgan fingerprint density at radius 1 is 0.486 bits per heavy atom. The van der Waals surface area contributed by atoms with E-state index in [1.165, 1.54) is 53.9 Å². The lowest BCUT2D eigenvalue weighted by Gasteiger charge is -2.14. The summed E-state index contributed by atoms with van der Waals surface area (Å²) < 4.78 is 2.08. The number of rotatable bonds is 1. The second kappa shape index (κ2) is 6.91. The van der Waals surface area contributed by atoms with Crippen molar-refractivity contribution in [2.75, 3.05) is 0 Å². The van der Waals surface area contributed by atoms with Gasteiger partial charge in [-0.1, -0.05) is 91.0 Å². The fraction of sp³-hybridized carbons (Fsp3) is 0. The lowest BCUT2D eigenvalue weighted by atomic mass is 9.90. The van der Waals surface area contributed by atoms with Crippen molar-refractivity contribution < 1.29 is 0 Å². The van der Waals surface area contributed by atoms with Crippen LogP contribution >= 0.6 is 0 Å². The van der Waals surface area contributed by atoms with E-state index in [0.717, 1.165) is 16.9 Å². The van der Waals surface area contributed by atoms with Crippen molar-refractivity contribution in [3.05, 3.63) is 122 Å². The summed E-state index contributed by atoms with van der Waals surface area (Å²) in [4.78, 5) is 4.90. The molecule has 0 unspecified atom stereocenters. The predicted molar refractivity (Wildman–Crippen MR) is 148 cm³/mol. The Labute approximate surface area is 201 Å². The normalized spacial score (nSPS) is 12.0. The number of fused-ring (bicyclic) bond motifs is 6. The minimum Gasteiger partial charge on any atom is -0.306 e. The van der Waals surface area contributed by atoms with Gasteiger partial charge in [0.1, 0.15) is 5.65 Å². The van der Waals surface area contributed by atoms with Crippen LogP contribution in [0.1, 0.15) is 0 Å². The Balaban J connectivity index is 1.62. The van der Waals surface area contributed by atoms with E-state index in [1.807, 2.05) is 24.4 Å². The highest BCUT2D eigenvalue weighted by molar-refractivity contribution is 6.32. The predicted octanol–water partition coefficient (Wildman–Crippen LogP) is 8.77. The van der Waals surface area contributed by atoms with Gasteiger partial charge in [0.05, 0.1) is 5.69 Å². The zero-order valence-electron chi connectivity index (χ0n) is 18.9. The number of nitrogens with zero attached hydrogens (tertiary/aromatic N) is 2. The quantitative estimate of drug-likeness (QED) is 0.231. The van der Waals surface area contributed by atoms with E-state index < -0.39 is 0 Å². The number of hydrogen-bond donors (Lipinski definition) is 0. The first-order valence-electron chi connectivity index (χ1n) is 12.0. The van der Waals surface area contributed by atoms with Gasteiger partial charge in [0.15, 0.2) is 0 Å². The van der Waals surface area contributed by atoms with Gasteiger partial charge in [0.25, 0.3) is 0 Å². The third kappa shape index (κ3) is 2.62. The van der Waals surface area contributed by atoms with E-state index in [2.05, 4.69) is 102 Å². The summed E-state index contributed by atoms with van der Waals surface area (Å²) in [6.45, 7) is 0. The van der Waals surface area contributed by atoms with Crippen LogP contribution in [0.3, 0.4) is 0 Å². The average molecular weight is 445 g/mol. The first kappa shape index (κ1) is 18.7. The molecule has 0 bridgehead atoms. The van der Waals surface area contributed by atoms with Crippen LogP contribution in [0, 0.1) is 0 Å². The van der Waals surface area contributed by atoms with Crippen LogP contribution in [0.2, 0.25) is 0 Å². The molecule has 35 heavy (non-hydrogen) atoms. The fourth-order valence-corrected chi connectivity index (χ4v) is 5.79. The van der Waals surface area contributed by atoms with Crippen LogP contribution in [0.4, 0.5) is 0 Å². The Hall–Kier alpha value is -4.69. The molecule has 0 aliphatic rings. The van der Waals surface area contributed by atoms with Crippen LogP contribution in [0.5, 0.6) is 0 Å². The molecule has 8 rings (SSSR count). The van der Waals surface area contributed by atoms with Gasteiger partial charge >= 0.3 is 0 Å². The van der Waals surface area contributed by atoms with Gasteiger partial charge in [-0.25, -0.2) is 4.98 Å². The zero-order valence-corrected chi connectivity index (χ0v) is 18.9. The zero-order chi connectivity index (χ0) is 22.9. The van der Waals surface area contributed by atoms with Gasteiger partial charge in [-0.15, -0.1) is 0 Å². The Morgan fingerprint density at radius 2 is 1.11 bits per heavy atom. The highest BCUT2D eigenvalue weighted by Gasteiger charge is 2.13. The van der Waals surface area contributed by atoms with Crippen LogP contribution in [-0.2, 0) is 0 Å². The summed E-state index contributed by atoms with van der Waals surface area (Å²) in [5, 5.41) is 12.8. The number of imidazole rings is 1. The second-order valence-electron chi connectivity index (χ2n) is 9.27. The molecule has 0 saturated carbocycles. The molecule has 2 heteroatoms. The van der Waals surface area contributed by atoms with Crippen molar-refractivity contribution in [3.63, 3.8) is 0 Å². The van der Waals surface area contributed by atoms with Crippen LogP contribution in [0.25, 0.3) is 70.8 Å². The van der Waals surface area contributed by atoms with Crippen molar-refractivity contribution >= 4 is 59.5 Å². The van der Waals surface area contributed by atoms with Gasteiger partial charge in [-0.2, -0.15) is 0 Å². The molecule has 0 spiro atoms. The molecule has 0 aliphatic carbocycles. The van der Waals surface area contributed by atoms with Gasteiger partial charge < -0.3 is 4.40 Å². The van der Waals surface area contributed by atoms with Crippen molar-refractivity contribution in [3.8, 4) is 11.3 Å². The third-order valence-electron chi connectivity index (χ3n) is 7.36. The van der Waals surface area contributed by atoms with E-state index in [4.69, 9.17) is 4.98 Å². The summed E-state index contributed by atoms with van der Waals surface area (Å²) in [6.07, 6.45) is 4.16. The van der Waals surface area contributed by atoms with Crippen LogP contribution in [-0.4, -0.2) is 9.38 Å². The van der Waals surface area contributed by atoms with Crippen LogP contribution in [0.15, 0.2) is 122 Å². The van der Waals surface area contributed by atoms with Gasteiger partial charge in [0.2, 0.25) is 0 Å². The molecular weight excluding hydrogens is 424 g/mol. The van der Waals surface area contributed by atoms with Crippen molar-refractivity contribution in [1.29, 1.82) is 0 Å². The number of hydrogen-bond acceptors (Lipinski definition) is 1. The maximum Gasteiger partial charge on any atom is 0.137 e. The van der Waals surface area contributed by atoms with Gasteiger partial charge in [-0.05, 0) is 72.1 Å². The minimum absolute atomic E-state index is 0.958. The molecule has 2 heterocycles. The van der Waals surface area contributed by atoms with Gasteiger partial charge in [-0.3, -0.25) is 0 Å². The molecule has 0 fully saturated rings. The molecule has 0 saturated heterocycles. The van der Waals surface area contributed by atoms with Crippen molar-refractivity contribution in [2.45, 2.75) is 0 Å². The van der Waals surface area contributed by atoms with Crippen molar-refractivity contribution in [1.82, 2.24) is 9.38 Å². The van der Waals surface area contributed by atoms with Gasteiger partial charge in [0, 0.05) is 18.0 Å². The van der Waals surface area contributed by atoms with E-state index in [-0.39, 0.29) is 0 Å². The minimum atomic E-state index is 0.958. The van der Waals surface area contributed by atoms with Crippen LogP contribution < -0.4 is 0 Å². The highest BCUT2D eigenvalue weighted by Crippen LogP contribution is 2.40. The summed E-state index contributed by atoms with van der Waals surface area (Å²) in [5.74, 6) is 0. The second-order valence-corrected chi connectivity index (χ2v) is 9.27. The molecule has 0 aliphatic heterocycles. The average Bonchev–Trinajstić information content (AvgIpc) is 3.36. The summed E-state index contributed by atoms with van der Waals surface area (Å²) in [5.41, 5.74) is 3.07. The molecule has 0 radical (unpaired) electrons. The lowest BCUT2D eigenvalue weighted by molar-refractivity contribution is 1.19. The summed E-state index contributed by atoms with van der Waals surface area (Å²) in [6, 6.07) is 39.6. The molecule has 162 valence electrons. The number of pyridine rings is 1. The molecule has 6 aromatic carbocycles. The Bertz CT molecular complexity index is 2080. The summed E-state index contributed by atoms with van der Waals surface area (Å²) in [7, 11) is 0. The number of aromatic nitrogens is 2. The van der Waals surface area contributed by atoms with Crippen molar-refractivity contribution in [2.24, 2.45) is 0 Å². The number of benzene rings is 5. The third-order valence-corrected chi connectivity index (χ3v) is 7.36. The molecule has 2 nitrogen and oxygen atoms in total. The molecule has 0 N–H and O–H groups in total. The maximum atomic E-state index is 4.90. The molecule has 8 aromatic rings. The SMILES string of the molecule is c1ccc2c(c1)c1cc(-c3cn4ccccc4n3)ccc1c1cccc3ccc4cccc2c4c31. The van der Waals surface area contributed by atoms with E-state index >= 15 is 0 Å². The highest BCUT2D eigenvalue weighted by atomic mass is 15.0. The Kier molecular flexibility index (Phi) is 3.69.